The molecule has 0 aromatic carbocycles. The summed E-state index contributed by atoms with van der Waals surface area (Å²) >= 11 is 1.66. The number of amides is 1. The number of carbonyl (C=O) groups is 2. The topological polar surface area (TPSA) is 108 Å². The summed E-state index contributed by atoms with van der Waals surface area (Å²) in [6.07, 6.45) is 16.5. The van der Waals surface area contributed by atoms with Crippen LogP contribution in [-0.2, 0) is 30.6 Å². The van der Waals surface area contributed by atoms with Crippen molar-refractivity contribution in [1.29, 1.82) is 0 Å². The van der Waals surface area contributed by atoms with Crippen molar-refractivity contribution in [3.63, 3.8) is 0 Å². The Balaban J connectivity index is 1.28. The van der Waals surface area contributed by atoms with Crippen LogP contribution in [0, 0.1) is 0 Å². The number of ketones is 1. The number of rotatable bonds is 13. The molecule has 0 unspecified atom stereocenters. The van der Waals surface area contributed by atoms with Crippen molar-refractivity contribution in [3.05, 3.63) is 22.4 Å². The van der Waals surface area contributed by atoms with Crippen LogP contribution >= 0.6 is 11.3 Å². The third-order valence-electron chi connectivity index (χ3n) is 9.93. The molecule has 1 N–H and O–H groups in total. The summed E-state index contributed by atoms with van der Waals surface area (Å²) in [5, 5.41) is 5.73. The van der Waals surface area contributed by atoms with Crippen molar-refractivity contribution < 1.29 is 22.7 Å². The number of nitrogens with one attached hydrogen (secondary N) is 1. The first kappa shape index (κ1) is 33.4. The molecule has 2 aliphatic heterocycles. The van der Waals surface area contributed by atoms with E-state index in [1.807, 2.05) is 16.3 Å². The zero-order valence-electron chi connectivity index (χ0n) is 26.5. The molecule has 9 nitrogen and oxygen atoms in total. The first-order valence-corrected chi connectivity index (χ1v) is 19.9. The van der Waals surface area contributed by atoms with Crippen molar-refractivity contribution in [2.75, 3.05) is 38.2 Å². The Morgan fingerprint density at radius 2 is 1.86 bits per heavy atom. The van der Waals surface area contributed by atoms with E-state index in [0.717, 1.165) is 38.5 Å². The molecule has 0 bridgehead atoms. The number of hydrogen-bond donors (Lipinski definition) is 1. The highest BCUT2D eigenvalue weighted by Gasteiger charge is 2.44. The molecule has 4 aliphatic rings. The largest absolute Gasteiger partial charge is 0.457 e. The van der Waals surface area contributed by atoms with Crippen molar-refractivity contribution in [2.45, 2.75) is 126 Å². The van der Waals surface area contributed by atoms with E-state index in [4.69, 9.17) is 9.73 Å². The number of aliphatic imine (C=N–C) groups is 1. The number of thiophene rings is 1. The summed E-state index contributed by atoms with van der Waals surface area (Å²) in [7, 11) is -2.99. The number of unbranched alkanes of at least 4 members (excludes halogenated alkanes) is 2. The van der Waals surface area contributed by atoms with E-state index in [1.165, 1.54) is 49.7 Å². The molecule has 3 heterocycles. The minimum atomic E-state index is -2.99. The van der Waals surface area contributed by atoms with Crippen LogP contribution < -0.4 is 5.32 Å². The molecule has 2 atom stereocenters. The molecule has 246 valence electrons. The third-order valence-corrected chi connectivity index (χ3v) is 11.9. The summed E-state index contributed by atoms with van der Waals surface area (Å²) in [6.45, 7) is 2.15. The fraction of sp³-hybridized carbons (Fsp3) is 0.788. The second kappa shape index (κ2) is 15.5. The van der Waals surface area contributed by atoms with Gasteiger partial charge in [-0.3, -0.25) is 9.59 Å². The van der Waals surface area contributed by atoms with Gasteiger partial charge in [0.05, 0.1) is 12.6 Å². The Hall–Kier alpha value is -1.98. The van der Waals surface area contributed by atoms with Gasteiger partial charge in [-0.25, -0.2) is 13.4 Å². The average Bonchev–Trinajstić information content (AvgIpc) is 3.69. The third kappa shape index (κ3) is 9.28. The fourth-order valence-corrected chi connectivity index (χ4v) is 8.81. The van der Waals surface area contributed by atoms with Crippen LogP contribution in [-0.4, -0.2) is 97.8 Å². The SMILES string of the molecule is CS(=O)(=O)CCCCC[C@@H](NC1CCCCC1)C(=O)N1CCN(C2=NCC3(CCCCC3)O2)C[C@H]1C(=O)CCc1cccs1. The molecule has 5 rings (SSSR count). The lowest BCUT2D eigenvalue weighted by Gasteiger charge is -2.43. The van der Waals surface area contributed by atoms with Gasteiger partial charge in [0.2, 0.25) is 5.91 Å². The van der Waals surface area contributed by atoms with Crippen LogP contribution in [0.2, 0.25) is 0 Å². The number of ether oxygens (including phenoxy) is 1. The second-order valence-electron chi connectivity index (χ2n) is 13.5. The Kier molecular flexibility index (Phi) is 11.8. The van der Waals surface area contributed by atoms with Gasteiger partial charge in [0, 0.05) is 49.0 Å². The van der Waals surface area contributed by atoms with E-state index >= 15 is 0 Å². The van der Waals surface area contributed by atoms with E-state index in [0.29, 0.717) is 63.9 Å². The van der Waals surface area contributed by atoms with Gasteiger partial charge in [-0.2, -0.15) is 0 Å². The number of aryl methyl sites for hydroxylation is 1. The Morgan fingerprint density at radius 1 is 1.09 bits per heavy atom. The molecule has 1 aromatic rings. The summed E-state index contributed by atoms with van der Waals surface area (Å²) in [5.41, 5.74) is -0.189. The van der Waals surface area contributed by atoms with Gasteiger partial charge in [0.1, 0.15) is 21.5 Å². The highest BCUT2D eigenvalue weighted by atomic mass is 32.2. The Bertz CT molecular complexity index is 1220. The normalized spacial score (nSPS) is 23.4. The molecular formula is C33H52N4O5S2. The smallest absolute Gasteiger partial charge is 0.288 e. The molecular weight excluding hydrogens is 597 g/mol. The lowest BCUT2D eigenvalue weighted by Crippen LogP contribution is -2.63. The Morgan fingerprint density at radius 3 is 2.59 bits per heavy atom. The fourth-order valence-electron chi connectivity index (χ4n) is 7.38. The van der Waals surface area contributed by atoms with Gasteiger partial charge in [0.15, 0.2) is 5.78 Å². The van der Waals surface area contributed by atoms with Crippen molar-refractivity contribution >= 4 is 38.9 Å². The molecule has 44 heavy (non-hydrogen) atoms. The minimum absolute atomic E-state index is 0.00541. The minimum Gasteiger partial charge on any atom is -0.457 e. The number of piperazine rings is 1. The molecule has 3 fully saturated rings. The van der Waals surface area contributed by atoms with Gasteiger partial charge < -0.3 is 19.9 Å². The summed E-state index contributed by atoms with van der Waals surface area (Å²) in [4.78, 5) is 38.2. The molecule has 2 aliphatic carbocycles. The Labute approximate surface area is 268 Å². The summed E-state index contributed by atoms with van der Waals surface area (Å²) in [5.74, 6) is 0.273. The van der Waals surface area contributed by atoms with Gasteiger partial charge in [-0.1, -0.05) is 44.6 Å². The van der Waals surface area contributed by atoms with Crippen molar-refractivity contribution in [3.8, 4) is 0 Å². The van der Waals surface area contributed by atoms with Crippen LogP contribution in [0.4, 0.5) is 0 Å². The van der Waals surface area contributed by atoms with Crippen LogP contribution in [0.15, 0.2) is 22.5 Å². The van der Waals surface area contributed by atoms with Crippen LogP contribution in [0.3, 0.4) is 0 Å². The van der Waals surface area contributed by atoms with Crippen LogP contribution in [0.1, 0.15) is 101 Å². The second-order valence-corrected chi connectivity index (χ2v) is 16.8. The molecule has 1 aromatic heterocycles. The van der Waals surface area contributed by atoms with E-state index < -0.39 is 15.9 Å². The predicted octanol–water partition coefficient (Wildman–Crippen LogP) is 4.75. The van der Waals surface area contributed by atoms with E-state index in [9.17, 15) is 18.0 Å². The lowest BCUT2D eigenvalue weighted by atomic mass is 9.85. The summed E-state index contributed by atoms with van der Waals surface area (Å²) in [6, 6.07) is 4.10. The number of carbonyl (C=O) groups excluding carboxylic acids is 2. The number of hydrogen-bond acceptors (Lipinski definition) is 9. The monoisotopic (exact) mass is 648 g/mol. The maximum absolute atomic E-state index is 14.4. The first-order valence-electron chi connectivity index (χ1n) is 17.0. The number of amidine groups is 1. The van der Waals surface area contributed by atoms with Gasteiger partial charge in [-0.05, 0) is 69.2 Å². The van der Waals surface area contributed by atoms with Crippen molar-refractivity contribution in [1.82, 2.24) is 15.1 Å². The maximum Gasteiger partial charge on any atom is 0.288 e. The lowest BCUT2D eigenvalue weighted by molar-refractivity contribution is -0.144. The molecule has 1 spiro atoms. The molecule has 2 saturated carbocycles. The van der Waals surface area contributed by atoms with Crippen LogP contribution in [0.25, 0.3) is 0 Å². The number of Topliss-reactive ketones (excluding diaryl/α,β-unsaturated/α-hetero) is 1. The van der Waals surface area contributed by atoms with Gasteiger partial charge >= 0.3 is 0 Å². The van der Waals surface area contributed by atoms with E-state index in [-0.39, 0.29) is 29.1 Å². The molecule has 1 saturated heterocycles. The number of nitrogens with zero attached hydrogens (tertiary/aromatic N) is 3. The molecule has 11 heteroatoms. The van der Waals surface area contributed by atoms with Crippen LogP contribution in [0.5, 0.6) is 0 Å². The summed E-state index contributed by atoms with van der Waals surface area (Å²) < 4.78 is 29.8. The first-order chi connectivity index (χ1) is 21.2. The van der Waals surface area contributed by atoms with E-state index in [2.05, 4.69) is 16.3 Å². The van der Waals surface area contributed by atoms with Gasteiger partial charge in [-0.15, -0.1) is 11.3 Å². The standard InChI is InChI=1S/C33H52N4O5S2/c1-44(40,41)23-10-3-7-15-28(35-26-12-5-2-6-13-26)31(39)37-21-20-36(32-34-25-33(42-32)18-8-4-9-19-33)24-29(37)30(38)17-16-27-14-11-22-43-27/h11,14,22,26,28-29,35H,2-10,12-13,15-21,23-25H2,1H3/t28-,29+/m1/s1. The zero-order chi connectivity index (χ0) is 31.0. The molecule has 1 amide bonds. The van der Waals surface area contributed by atoms with Crippen molar-refractivity contribution in [2.24, 2.45) is 4.99 Å². The van der Waals surface area contributed by atoms with Gasteiger partial charge in [0.25, 0.3) is 6.02 Å². The number of sulfone groups is 1. The highest BCUT2D eigenvalue weighted by Crippen LogP contribution is 2.36. The van der Waals surface area contributed by atoms with E-state index in [1.54, 1.807) is 11.3 Å². The average molecular weight is 649 g/mol. The quantitative estimate of drug-likeness (QED) is 0.308. The molecule has 0 radical (unpaired) electrons. The zero-order valence-corrected chi connectivity index (χ0v) is 28.1. The highest BCUT2D eigenvalue weighted by molar-refractivity contribution is 7.90. The maximum atomic E-state index is 14.4. The predicted molar refractivity (Wildman–Crippen MR) is 176 cm³/mol.